The quantitative estimate of drug-likeness (QED) is 0.158. The second-order valence-electron chi connectivity index (χ2n) is 18.5. The van der Waals surface area contributed by atoms with Crippen molar-refractivity contribution in [1.82, 2.24) is 13.7 Å². The van der Waals surface area contributed by atoms with E-state index in [9.17, 15) is 0 Å². The Labute approximate surface area is 407 Å². The van der Waals surface area contributed by atoms with Crippen LogP contribution >= 0.6 is 11.3 Å². The summed E-state index contributed by atoms with van der Waals surface area (Å²) in [5.74, 6) is 0. The van der Waals surface area contributed by atoms with Gasteiger partial charge in [0, 0.05) is 69.6 Å². The van der Waals surface area contributed by atoms with Gasteiger partial charge in [0.15, 0.2) is 0 Å². The molecule has 326 valence electrons. The largest absolute Gasteiger partial charge is 0.309 e. The summed E-state index contributed by atoms with van der Waals surface area (Å²) in [4.78, 5) is 0. The third-order valence-electron chi connectivity index (χ3n) is 14.6. The number of hydrogen-bond donors (Lipinski definition) is 0. The van der Waals surface area contributed by atoms with E-state index >= 15 is 0 Å². The van der Waals surface area contributed by atoms with Crippen LogP contribution in [-0.4, -0.2) is 13.7 Å². The molecule has 4 aromatic heterocycles. The van der Waals surface area contributed by atoms with E-state index < -0.39 is 0 Å². The zero-order valence-electron chi connectivity index (χ0n) is 37.9. The molecule has 0 aliphatic rings. The number of hydrogen-bond acceptors (Lipinski definition) is 1. The Balaban J connectivity index is 0.850. The fourth-order valence-electron chi connectivity index (χ4n) is 11.4. The average Bonchev–Trinajstić information content (AvgIpc) is 4.17. The summed E-state index contributed by atoms with van der Waals surface area (Å²) in [7, 11) is 0. The molecule has 4 heterocycles. The zero-order valence-corrected chi connectivity index (χ0v) is 38.7. The van der Waals surface area contributed by atoms with Gasteiger partial charge in [-0.05, 0) is 137 Å². The minimum atomic E-state index is 1.12. The molecule has 15 aromatic rings. The van der Waals surface area contributed by atoms with Gasteiger partial charge >= 0.3 is 0 Å². The van der Waals surface area contributed by atoms with Crippen LogP contribution in [0.1, 0.15) is 0 Å². The molecule has 0 atom stereocenters. The Bertz CT molecular complexity index is 4320. The van der Waals surface area contributed by atoms with Crippen molar-refractivity contribution in [3.8, 4) is 50.4 Å². The van der Waals surface area contributed by atoms with Crippen molar-refractivity contribution in [1.29, 1.82) is 0 Å². The molecule has 15 rings (SSSR count). The lowest BCUT2D eigenvalue weighted by Crippen LogP contribution is -1.96. The van der Waals surface area contributed by atoms with Crippen LogP contribution in [-0.2, 0) is 0 Å². The van der Waals surface area contributed by atoms with Gasteiger partial charge in [-0.2, -0.15) is 0 Å². The van der Waals surface area contributed by atoms with E-state index in [1.54, 1.807) is 0 Å². The number of para-hydroxylation sites is 4. The molecule has 0 N–H and O–H groups in total. The van der Waals surface area contributed by atoms with E-state index in [0.717, 1.165) is 17.1 Å². The van der Waals surface area contributed by atoms with E-state index in [1.807, 2.05) is 11.3 Å². The first-order valence-electron chi connectivity index (χ1n) is 24.0. The molecule has 0 spiro atoms. The van der Waals surface area contributed by atoms with E-state index in [4.69, 9.17) is 0 Å². The van der Waals surface area contributed by atoms with Crippen molar-refractivity contribution in [2.24, 2.45) is 0 Å². The molecule has 70 heavy (non-hydrogen) atoms. The maximum atomic E-state index is 2.44. The number of rotatable bonds is 6. The summed E-state index contributed by atoms with van der Waals surface area (Å²) in [6.45, 7) is 0. The van der Waals surface area contributed by atoms with Crippen molar-refractivity contribution in [2.75, 3.05) is 0 Å². The Morgan fingerprint density at radius 1 is 0.200 bits per heavy atom. The van der Waals surface area contributed by atoms with Crippen LogP contribution in [0.2, 0.25) is 0 Å². The van der Waals surface area contributed by atoms with Crippen LogP contribution in [0.3, 0.4) is 0 Å². The predicted molar refractivity (Wildman–Crippen MR) is 299 cm³/mol. The number of thiophene rings is 1. The number of nitrogens with zero attached hydrogens (tertiary/aromatic N) is 3. The SMILES string of the molecule is c1cc(-c2ccc(-n3c4ccc(-n5c6ccccc6c6ccccc65)cc4c4cc(-n5c6ccccc6c6ccccc65)ccc43)cc2)cc(-c2cccc(-c3ccc4sc5ccccc5c4c3)c2)c1. The molecule has 0 amide bonds. The van der Waals surface area contributed by atoms with Crippen molar-refractivity contribution < 1.29 is 0 Å². The summed E-state index contributed by atoms with van der Waals surface area (Å²) < 4.78 is 9.95. The van der Waals surface area contributed by atoms with Crippen LogP contribution in [0.15, 0.2) is 249 Å². The van der Waals surface area contributed by atoms with E-state index in [2.05, 4.69) is 262 Å². The molecule has 11 aromatic carbocycles. The van der Waals surface area contributed by atoms with Crippen molar-refractivity contribution in [2.45, 2.75) is 0 Å². The van der Waals surface area contributed by atoms with Crippen LogP contribution in [0.4, 0.5) is 0 Å². The van der Waals surface area contributed by atoms with Gasteiger partial charge in [0.2, 0.25) is 0 Å². The number of fused-ring (bicyclic) bond motifs is 12. The smallest absolute Gasteiger partial charge is 0.0542 e. The minimum Gasteiger partial charge on any atom is -0.309 e. The monoisotopic (exact) mass is 907 g/mol. The number of aromatic nitrogens is 3. The predicted octanol–water partition coefficient (Wildman–Crippen LogP) is 18.3. The molecule has 0 fully saturated rings. The van der Waals surface area contributed by atoms with E-state index in [0.29, 0.717) is 0 Å². The van der Waals surface area contributed by atoms with Gasteiger partial charge in [0.1, 0.15) is 0 Å². The lowest BCUT2D eigenvalue weighted by molar-refractivity contribution is 1.16. The van der Waals surface area contributed by atoms with Crippen LogP contribution < -0.4 is 0 Å². The molecular formula is C66H41N3S. The number of benzene rings is 11. The van der Waals surface area contributed by atoms with Crippen LogP contribution in [0.5, 0.6) is 0 Å². The molecule has 0 aliphatic heterocycles. The first kappa shape index (κ1) is 39.1. The Hall–Kier alpha value is -8.96. The maximum Gasteiger partial charge on any atom is 0.0542 e. The fraction of sp³-hybridized carbons (Fsp3) is 0. The standard InChI is InChI=1S/C66H41N3S/c1-6-22-59-51(17-1)52-18-2-7-23-60(52)68(59)49-32-34-63-56(40-49)57-41-50(69-61-24-8-3-19-53(61)54-20-4-9-25-62(54)69)33-35-64(57)67(63)48-30-27-42(28-31-48)43-13-11-14-44(37-43)45-15-12-16-46(38-45)47-29-36-66-58(39-47)55-21-5-10-26-65(55)70-66/h1-41H. The zero-order chi connectivity index (χ0) is 45.9. The highest BCUT2D eigenvalue weighted by molar-refractivity contribution is 7.25. The lowest BCUT2D eigenvalue weighted by Gasteiger charge is -2.12. The molecular weight excluding hydrogens is 867 g/mol. The molecule has 0 aliphatic carbocycles. The highest BCUT2D eigenvalue weighted by Crippen LogP contribution is 2.41. The summed E-state index contributed by atoms with van der Waals surface area (Å²) >= 11 is 1.86. The summed E-state index contributed by atoms with van der Waals surface area (Å²) in [5, 5.41) is 10.1. The highest BCUT2D eigenvalue weighted by atomic mass is 32.1. The second-order valence-corrected chi connectivity index (χ2v) is 19.6. The maximum absolute atomic E-state index is 2.44. The average molecular weight is 908 g/mol. The molecule has 4 heteroatoms. The van der Waals surface area contributed by atoms with E-state index in [1.165, 1.54) is 119 Å². The van der Waals surface area contributed by atoms with Gasteiger partial charge in [-0.25, -0.2) is 0 Å². The highest BCUT2D eigenvalue weighted by Gasteiger charge is 2.19. The lowest BCUT2D eigenvalue weighted by atomic mass is 9.95. The first-order valence-corrected chi connectivity index (χ1v) is 24.8. The van der Waals surface area contributed by atoms with Gasteiger partial charge < -0.3 is 13.7 Å². The Morgan fingerprint density at radius 2 is 0.557 bits per heavy atom. The first-order chi connectivity index (χ1) is 34.7. The summed E-state index contributed by atoms with van der Waals surface area (Å²) in [6, 6.07) is 91.8. The molecule has 0 saturated carbocycles. The van der Waals surface area contributed by atoms with Gasteiger partial charge in [0.05, 0.1) is 33.1 Å². The topological polar surface area (TPSA) is 14.8 Å². The Morgan fingerprint density at radius 3 is 1.06 bits per heavy atom. The third kappa shape index (κ3) is 5.94. The van der Waals surface area contributed by atoms with E-state index in [-0.39, 0.29) is 0 Å². The normalized spacial score (nSPS) is 12.0. The Kier molecular flexibility index (Phi) is 8.53. The fourth-order valence-corrected chi connectivity index (χ4v) is 12.5. The molecule has 3 nitrogen and oxygen atoms in total. The van der Waals surface area contributed by atoms with Gasteiger partial charge in [0.25, 0.3) is 0 Å². The summed E-state index contributed by atoms with van der Waals surface area (Å²) in [6.07, 6.45) is 0. The van der Waals surface area contributed by atoms with Crippen LogP contribution in [0.25, 0.3) is 136 Å². The molecule has 0 radical (unpaired) electrons. The summed E-state index contributed by atoms with van der Waals surface area (Å²) in [5.41, 5.74) is 17.8. The van der Waals surface area contributed by atoms with Crippen molar-refractivity contribution in [3.05, 3.63) is 249 Å². The minimum absolute atomic E-state index is 1.12. The van der Waals surface area contributed by atoms with Crippen LogP contribution in [0, 0.1) is 0 Å². The van der Waals surface area contributed by atoms with Gasteiger partial charge in [-0.1, -0.05) is 146 Å². The van der Waals surface area contributed by atoms with Crippen molar-refractivity contribution in [3.63, 3.8) is 0 Å². The third-order valence-corrected chi connectivity index (χ3v) is 15.8. The van der Waals surface area contributed by atoms with Gasteiger partial charge in [-0.15, -0.1) is 11.3 Å². The van der Waals surface area contributed by atoms with Crippen molar-refractivity contribution >= 4 is 96.9 Å². The molecule has 0 bridgehead atoms. The molecule has 0 unspecified atom stereocenters. The second kappa shape index (κ2) is 15.3. The van der Waals surface area contributed by atoms with Gasteiger partial charge in [-0.3, -0.25) is 0 Å². The molecule has 0 saturated heterocycles.